The molecule has 7 heteroatoms. The number of para-hydroxylation sites is 5. The minimum atomic E-state index is 0.525. The SMILES string of the molecule is c1ccc(-c2cc(-c3nc(-c4ccc5c(c4)oc4ccccc45)nc(-c4ccc5c(c4)oc4ccccc45)n3)cc(-c3ccccc3)c2-n2c3ccccc3c3ccc4c5ccccc5n(-c5ccccc5)c4c32)cc1. The van der Waals surface area contributed by atoms with E-state index < -0.39 is 0 Å². The topological polar surface area (TPSA) is 74.8 Å². The van der Waals surface area contributed by atoms with Crippen molar-refractivity contribution < 1.29 is 8.83 Å². The Morgan fingerprint density at radius 3 is 1.16 bits per heavy atom. The van der Waals surface area contributed by atoms with Gasteiger partial charge in [-0.3, -0.25) is 0 Å². The molecule has 0 aliphatic heterocycles. The quantitative estimate of drug-likeness (QED) is 0.159. The molecule has 76 heavy (non-hydrogen) atoms. The Kier molecular flexibility index (Phi) is 9.20. The molecule has 0 saturated heterocycles. The predicted molar refractivity (Wildman–Crippen MR) is 310 cm³/mol. The van der Waals surface area contributed by atoms with Gasteiger partial charge in [-0.1, -0.05) is 176 Å². The number of hydrogen-bond acceptors (Lipinski definition) is 5. The molecule has 0 aliphatic rings. The standard InChI is InChI=1S/C69H41N5O2/c1-4-18-42(19-5-1)56-38-46(69-71-67(44-32-34-52-50-26-12-16-30-60(50)75-62(52)40-44)70-68(72-69)45-33-35-53-51-27-13-17-31-61(51)76-63(53)41-45)39-57(43-20-6-2-7-21-43)64(56)74-59-29-15-11-25-49(59)55-37-36-54-48-24-10-14-28-58(48)73(65(54)66(55)74)47-22-8-3-9-23-47/h1-41H. The second-order valence-corrected chi connectivity index (χ2v) is 19.5. The summed E-state index contributed by atoms with van der Waals surface area (Å²) < 4.78 is 17.9. The van der Waals surface area contributed by atoms with E-state index in [1.54, 1.807) is 0 Å². The van der Waals surface area contributed by atoms with Gasteiger partial charge in [0.25, 0.3) is 0 Å². The molecule has 0 aliphatic carbocycles. The van der Waals surface area contributed by atoms with E-state index >= 15 is 0 Å². The zero-order chi connectivity index (χ0) is 49.8. The smallest absolute Gasteiger partial charge is 0.164 e. The third-order valence-corrected chi connectivity index (χ3v) is 15.2. The van der Waals surface area contributed by atoms with Crippen LogP contribution < -0.4 is 0 Å². The number of hydrogen-bond donors (Lipinski definition) is 0. The van der Waals surface area contributed by atoms with Gasteiger partial charge in [-0.2, -0.15) is 0 Å². The lowest BCUT2D eigenvalue weighted by Crippen LogP contribution is -2.05. The predicted octanol–water partition coefficient (Wildman–Crippen LogP) is 18.2. The minimum absolute atomic E-state index is 0.525. The van der Waals surface area contributed by atoms with Crippen LogP contribution in [0.2, 0.25) is 0 Å². The molecule has 0 fully saturated rings. The van der Waals surface area contributed by atoms with Crippen molar-refractivity contribution in [1.29, 1.82) is 0 Å². The molecule has 5 heterocycles. The van der Waals surface area contributed by atoms with E-state index in [2.05, 4.69) is 209 Å². The van der Waals surface area contributed by atoms with Crippen molar-refractivity contribution in [2.45, 2.75) is 0 Å². The number of rotatable bonds is 7. The summed E-state index contributed by atoms with van der Waals surface area (Å²) in [7, 11) is 0. The Bertz CT molecular complexity index is 4800. The van der Waals surface area contributed by atoms with Crippen molar-refractivity contribution in [3.63, 3.8) is 0 Å². The van der Waals surface area contributed by atoms with Gasteiger partial charge in [0, 0.05) is 76.6 Å². The number of furan rings is 2. The van der Waals surface area contributed by atoms with Gasteiger partial charge < -0.3 is 18.0 Å². The molecule has 0 bridgehead atoms. The monoisotopic (exact) mass is 971 g/mol. The molecule has 0 saturated carbocycles. The van der Waals surface area contributed by atoms with Gasteiger partial charge in [-0.05, 0) is 83.9 Å². The summed E-state index contributed by atoms with van der Waals surface area (Å²) in [6.07, 6.45) is 0. The largest absolute Gasteiger partial charge is 0.456 e. The number of aromatic nitrogens is 5. The summed E-state index contributed by atoms with van der Waals surface area (Å²) in [5.74, 6) is 1.58. The molecule has 11 aromatic carbocycles. The van der Waals surface area contributed by atoms with Crippen molar-refractivity contribution in [2.75, 3.05) is 0 Å². The van der Waals surface area contributed by atoms with Crippen molar-refractivity contribution in [3.05, 3.63) is 249 Å². The fourth-order valence-electron chi connectivity index (χ4n) is 11.8. The first-order chi connectivity index (χ1) is 37.7. The third kappa shape index (κ3) is 6.46. The van der Waals surface area contributed by atoms with Gasteiger partial charge in [0.05, 0.1) is 27.8 Å². The first kappa shape index (κ1) is 42.2. The average Bonchev–Trinajstić information content (AvgIpc) is 4.34. The molecular formula is C69H41N5O2. The highest BCUT2D eigenvalue weighted by Crippen LogP contribution is 2.47. The highest BCUT2D eigenvalue weighted by Gasteiger charge is 2.27. The van der Waals surface area contributed by atoms with Crippen LogP contribution in [0.5, 0.6) is 0 Å². The Balaban J connectivity index is 1.01. The van der Waals surface area contributed by atoms with E-state index in [9.17, 15) is 0 Å². The summed E-state index contributed by atoms with van der Waals surface area (Å²) in [5, 5.41) is 8.91. The zero-order valence-corrected chi connectivity index (χ0v) is 40.7. The molecule has 0 radical (unpaired) electrons. The Morgan fingerprint density at radius 1 is 0.263 bits per heavy atom. The number of benzene rings is 11. The third-order valence-electron chi connectivity index (χ3n) is 15.2. The van der Waals surface area contributed by atoms with Crippen LogP contribution in [0.3, 0.4) is 0 Å². The first-order valence-corrected chi connectivity index (χ1v) is 25.6. The van der Waals surface area contributed by atoms with Crippen LogP contribution in [0.15, 0.2) is 258 Å². The van der Waals surface area contributed by atoms with E-state index in [0.717, 1.165) is 116 Å². The molecule has 5 aromatic heterocycles. The van der Waals surface area contributed by atoms with E-state index in [4.69, 9.17) is 23.8 Å². The molecular weight excluding hydrogens is 931 g/mol. The van der Waals surface area contributed by atoms with Crippen molar-refractivity contribution in [2.24, 2.45) is 0 Å². The molecule has 0 N–H and O–H groups in total. The van der Waals surface area contributed by atoms with Crippen LogP contribution >= 0.6 is 0 Å². The average molecular weight is 972 g/mol. The highest BCUT2D eigenvalue weighted by molar-refractivity contribution is 6.24. The van der Waals surface area contributed by atoms with E-state index in [0.29, 0.717) is 17.5 Å². The molecule has 0 amide bonds. The zero-order valence-electron chi connectivity index (χ0n) is 40.7. The van der Waals surface area contributed by atoms with Gasteiger partial charge in [0.1, 0.15) is 22.3 Å². The van der Waals surface area contributed by atoms with E-state index in [1.165, 1.54) is 21.5 Å². The normalized spacial score (nSPS) is 11.9. The number of fused-ring (bicyclic) bond motifs is 13. The summed E-state index contributed by atoms with van der Waals surface area (Å²) in [5.41, 5.74) is 16.5. The summed E-state index contributed by atoms with van der Waals surface area (Å²) >= 11 is 0. The summed E-state index contributed by atoms with van der Waals surface area (Å²) in [4.78, 5) is 16.1. The summed E-state index contributed by atoms with van der Waals surface area (Å²) in [6.45, 7) is 0. The second-order valence-electron chi connectivity index (χ2n) is 19.5. The lowest BCUT2D eigenvalue weighted by Gasteiger charge is -2.21. The Hall–Kier alpha value is -10.4. The van der Waals surface area contributed by atoms with Crippen LogP contribution in [0, 0.1) is 0 Å². The maximum absolute atomic E-state index is 6.45. The lowest BCUT2D eigenvalue weighted by molar-refractivity contribution is 0.668. The van der Waals surface area contributed by atoms with Crippen molar-refractivity contribution >= 4 is 87.5 Å². The van der Waals surface area contributed by atoms with Crippen molar-refractivity contribution in [3.8, 4) is 67.8 Å². The van der Waals surface area contributed by atoms with E-state index in [1.807, 2.05) is 48.5 Å². The molecule has 16 rings (SSSR count). The van der Waals surface area contributed by atoms with Gasteiger partial charge in [-0.15, -0.1) is 0 Å². The van der Waals surface area contributed by atoms with E-state index in [-0.39, 0.29) is 0 Å². The molecule has 7 nitrogen and oxygen atoms in total. The fraction of sp³-hybridized carbons (Fsp3) is 0. The highest BCUT2D eigenvalue weighted by atomic mass is 16.3. The van der Waals surface area contributed by atoms with Gasteiger partial charge in [0.15, 0.2) is 17.5 Å². The first-order valence-electron chi connectivity index (χ1n) is 25.6. The van der Waals surface area contributed by atoms with Crippen molar-refractivity contribution in [1.82, 2.24) is 24.1 Å². The lowest BCUT2D eigenvalue weighted by atomic mass is 9.92. The molecule has 354 valence electrons. The Morgan fingerprint density at radius 2 is 0.645 bits per heavy atom. The van der Waals surface area contributed by atoms with Crippen LogP contribution in [0.1, 0.15) is 0 Å². The molecule has 0 spiro atoms. The fourth-order valence-corrected chi connectivity index (χ4v) is 11.8. The molecule has 0 atom stereocenters. The maximum atomic E-state index is 6.45. The molecule has 0 unspecified atom stereocenters. The summed E-state index contributed by atoms with van der Waals surface area (Å²) in [6, 6.07) is 87.7. The van der Waals surface area contributed by atoms with Gasteiger partial charge >= 0.3 is 0 Å². The van der Waals surface area contributed by atoms with Crippen LogP contribution in [-0.2, 0) is 0 Å². The minimum Gasteiger partial charge on any atom is -0.456 e. The van der Waals surface area contributed by atoms with Gasteiger partial charge in [0.2, 0.25) is 0 Å². The second kappa shape index (κ2) is 16.6. The maximum Gasteiger partial charge on any atom is 0.164 e. The van der Waals surface area contributed by atoms with Crippen LogP contribution in [-0.4, -0.2) is 24.1 Å². The van der Waals surface area contributed by atoms with Crippen LogP contribution in [0.25, 0.3) is 155 Å². The van der Waals surface area contributed by atoms with Gasteiger partial charge in [-0.25, -0.2) is 15.0 Å². The Labute approximate surface area is 434 Å². The molecule has 16 aromatic rings. The van der Waals surface area contributed by atoms with Crippen LogP contribution in [0.4, 0.5) is 0 Å². The number of nitrogens with zero attached hydrogens (tertiary/aromatic N) is 5.